The van der Waals surface area contributed by atoms with Crippen LogP contribution in [0, 0.1) is 0 Å². The van der Waals surface area contributed by atoms with Crippen molar-refractivity contribution in [2.75, 3.05) is 17.7 Å². The van der Waals surface area contributed by atoms with Crippen LogP contribution in [0.5, 0.6) is 0 Å². The molecule has 0 atom stereocenters. The van der Waals surface area contributed by atoms with Crippen LogP contribution in [-0.2, 0) is 20.1 Å². The fourth-order valence-corrected chi connectivity index (χ4v) is 3.78. The minimum Gasteiger partial charge on any atom is -0.455 e. The van der Waals surface area contributed by atoms with E-state index < -0.39 is 17.8 Å². The number of thiophene rings is 1. The molecule has 2 aromatic rings. The van der Waals surface area contributed by atoms with Crippen LogP contribution in [-0.4, -0.2) is 30.1 Å². The van der Waals surface area contributed by atoms with Crippen molar-refractivity contribution in [3.63, 3.8) is 0 Å². The molecule has 0 aliphatic rings. The van der Waals surface area contributed by atoms with Crippen LogP contribution >= 0.6 is 34.7 Å². The third kappa shape index (κ3) is 6.77. The summed E-state index contributed by atoms with van der Waals surface area (Å²) in [7, 11) is 0. The number of anilines is 1. The van der Waals surface area contributed by atoms with Crippen LogP contribution in [0.4, 0.5) is 5.69 Å². The van der Waals surface area contributed by atoms with Gasteiger partial charge in [-0.3, -0.25) is 14.4 Å². The standard InChI is InChI=1S/C16H15ClN2O4S2/c17-13-6-5-12(25-13)8-24-9-15(21)23-7-14(20)19-11-3-1-10(2-4-11)16(18)22/h1-6H,7-9H2,(H2,18,22)(H,19,20). The first kappa shape index (κ1) is 19.3. The number of carbonyl (C=O) groups is 3. The zero-order chi connectivity index (χ0) is 18.2. The molecule has 0 radical (unpaired) electrons. The van der Waals surface area contributed by atoms with Gasteiger partial charge in [0.2, 0.25) is 5.91 Å². The van der Waals surface area contributed by atoms with Gasteiger partial charge in [0.15, 0.2) is 6.61 Å². The summed E-state index contributed by atoms with van der Waals surface area (Å²) in [5.41, 5.74) is 5.96. The maximum atomic E-state index is 11.7. The van der Waals surface area contributed by atoms with Gasteiger partial charge in [0.1, 0.15) is 0 Å². The van der Waals surface area contributed by atoms with Crippen LogP contribution in [0.1, 0.15) is 15.2 Å². The number of esters is 1. The monoisotopic (exact) mass is 398 g/mol. The van der Waals surface area contributed by atoms with Gasteiger partial charge in [-0.05, 0) is 36.4 Å². The number of rotatable bonds is 8. The van der Waals surface area contributed by atoms with Gasteiger partial charge in [-0.2, -0.15) is 0 Å². The van der Waals surface area contributed by atoms with Crippen molar-refractivity contribution >= 4 is 58.2 Å². The average Bonchev–Trinajstić information content (AvgIpc) is 2.99. The summed E-state index contributed by atoms with van der Waals surface area (Å²) in [6.07, 6.45) is 0. The molecular weight excluding hydrogens is 384 g/mol. The maximum Gasteiger partial charge on any atom is 0.316 e. The normalized spacial score (nSPS) is 10.3. The highest BCUT2D eigenvalue weighted by atomic mass is 35.5. The predicted octanol–water partition coefficient (Wildman–Crippen LogP) is 2.92. The summed E-state index contributed by atoms with van der Waals surface area (Å²) in [6, 6.07) is 9.79. The van der Waals surface area contributed by atoms with Crippen molar-refractivity contribution in [2.45, 2.75) is 5.75 Å². The fraction of sp³-hybridized carbons (Fsp3) is 0.188. The molecule has 0 aliphatic carbocycles. The molecule has 25 heavy (non-hydrogen) atoms. The van der Waals surface area contributed by atoms with Gasteiger partial charge >= 0.3 is 5.97 Å². The second kappa shape index (κ2) is 9.45. The summed E-state index contributed by atoms with van der Waals surface area (Å²) in [5, 5.41) is 2.56. The zero-order valence-electron chi connectivity index (χ0n) is 13.0. The summed E-state index contributed by atoms with van der Waals surface area (Å²) in [6.45, 7) is -0.373. The Hall–Kier alpha value is -2.03. The van der Waals surface area contributed by atoms with Gasteiger partial charge in [-0.1, -0.05) is 11.6 Å². The lowest BCUT2D eigenvalue weighted by Crippen LogP contribution is -2.21. The molecule has 0 aliphatic heterocycles. The van der Waals surface area contributed by atoms with E-state index in [1.165, 1.54) is 35.2 Å². The van der Waals surface area contributed by atoms with E-state index >= 15 is 0 Å². The number of halogens is 1. The van der Waals surface area contributed by atoms with Crippen molar-refractivity contribution in [1.29, 1.82) is 0 Å². The second-order valence-corrected chi connectivity index (χ2v) is 7.63. The summed E-state index contributed by atoms with van der Waals surface area (Å²) in [5.74, 6) is -0.669. The molecule has 0 saturated carbocycles. The van der Waals surface area contributed by atoms with E-state index in [0.29, 0.717) is 21.3 Å². The number of hydrogen-bond donors (Lipinski definition) is 2. The van der Waals surface area contributed by atoms with Crippen molar-refractivity contribution < 1.29 is 19.1 Å². The first-order valence-electron chi connectivity index (χ1n) is 7.11. The average molecular weight is 399 g/mol. The Bertz CT molecular complexity index is 762. The summed E-state index contributed by atoms with van der Waals surface area (Å²) in [4.78, 5) is 35.4. The largest absolute Gasteiger partial charge is 0.455 e. The number of thioether (sulfide) groups is 1. The van der Waals surface area contributed by atoms with Gasteiger partial charge in [-0.25, -0.2) is 0 Å². The molecule has 0 fully saturated rings. The SMILES string of the molecule is NC(=O)c1ccc(NC(=O)COC(=O)CSCc2ccc(Cl)s2)cc1. The van der Waals surface area contributed by atoms with E-state index in [1.807, 2.05) is 6.07 Å². The lowest BCUT2D eigenvalue weighted by molar-refractivity contribution is -0.144. The molecule has 0 spiro atoms. The van der Waals surface area contributed by atoms with Gasteiger partial charge < -0.3 is 15.8 Å². The molecule has 0 bridgehead atoms. The highest BCUT2D eigenvalue weighted by Crippen LogP contribution is 2.25. The van der Waals surface area contributed by atoms with Crippen LogP contribution in [0.25, 0.3) is 0 Å². The number of hydrogen-bond acceptors (Lipinski definition) is 6. The molecule has 0 unspecified atom stereocenters. The quantitative estimate of drug-likeness (QED) is 0.666. The van der Waals surface area contributed by atoms with Gasteiger partial charge in [0, 0.05) is 21.9 Å². The van der Waals surface area contributed by atoms with E-state index in [1.54, 1.807) is 18.2 Å². The Balaban J connectivity index is 1.66. The van der Waals surface area contributed by atoms with Gasteiger partial charge in [-0.15, -0.1) is 23.1 Å². The molecule has 1 heterocycles. The number of amides is 2. The Kier molecular flexibility index (Phi) is 7.30. The maximum absolute atomic E-state index is 11.7. The number of primary amides is 1. The van der Waals surface area contributed by atoms with Crippen LogP contribution in [0.15, 0.2) is 36.4 Å². The van der Waals surface area contributed by atoms with Crippen molar-refractivity contribution in [2.24, 2.45) is 5.73 Å². The minimum atomic E-state index is -0.547. The molecule has 1 aromatic heterocycles. The Morgan fingerprint density at radius 3 is 2.48 bits per heavy atom. The van der Waals surface area contributed by atoms with Crippen molar-refractivity contribution in [3.05, 3.63) is 51.2 Å². The molecule has 132 valence electrons. The van der Waals surface area contributed by atoms with E-state index in [9.17, 15) is 14.4 Å². The molecule has 0 saturated heterocycles. The second-order valence-electron chi connectivity index (χ2n) is 4.85. The number of nitrogens with one attached hydrogen (secondary N) is 1. The number of nitrogens with two attached hydrogens (primary N) is 1. The third-order valence-electron chi connectivity index (χ3n) is 2.91. The number of ether oxygens (including phenoxy) is 1. The topological polar surface area (TPSA) is 98.5 Å². The molecule has 2 rings (SSSR count). The lowest BCUT2D eigenvalue weighted by Gasteiger charge is -2.07. The Morgan fingerprint density at radius 2 is 1.88 bits per heavy atom. The van der Waals surface area contributed by atoms with Gasteiger partial charge in [0.05, 0.1) is 10.1 Å². The number of carbonyl (C=O) groups excluding carboxylic acids is 3. The Labute approximate surface area is 157 Å². The first-order valence-corrected chi connectivity index (χ1v) is 9.46. The Morgan fingerprint density at radius 1 is 1.16 bits per heavy atom. The fourth-order valence-electron chi connectivity index (χ4n) is 1.77. The number of benzene rings is 1. The van der Waals surface area contributed by atoms with Crippen molar-refractivity contribution in [1.82, 2.24) is 0 Å². The van der Waals surface area contributed by atoms with E-state index in [4.69, 9.17) is 22.1 Å². The molecule has 9 heteroatoms. The highest BCUT2D eigenvalue weighted by molar-refractivity contribution is 7.99. The van der Waals surface area contributed by atoms with E-state index in [2.05, 4.69) is 5.32 Å². The highest BCUT2D eigenvalue weighted by Gasteiger charge is 2.09. The molecule has 3 N–H and O–H groups in total. The third-order valence-corrected chi connectivity index (χ3v) is 5.28. The minimum absolute atomic E-state index is 0.149. The van der Waals surface area contributed by atoms with Crippen LogP contribution in [0.3, 0.4) is 0 Å². The predicted molar refractivity (Wildman–Crippen MR) is 100 cm³/mol. The lowest BCUT2D eigenvalue weighted by atomic mass is 10.2. The summed E-state index contributed by atoms with van der Waals surface area (Å²) >= 11 is 8.68. The smallest absolute Gasteiger partial charge is 0.316 e. The first-order chi connectivity index (χ1) is 11.9. The summed E-state index contributed by atoms with van der Waals surface area (Å²) < 4.78 is 5.62. The molecule has 6 nitrogen and oxygen atoms in total. The van der Waals surface area contributed by atoms with E-state index in [-0.39, 0.29) is 12.4 Å². The van der Waals surface area contributed by atoms with Crippen molar-refractivity contribution in [3.8, 4) is 0 Å². The van der Waals surface area contributed by atoms with E-state index in [0.717, 1.165) is 4.88 Å². The van der Waals surface area contributed by atoms with Crippen LogP contribution < -0.4 is 11.1 Å². The van der Waals surface area contributed by atoms with Crippen LogP contribution in [0.2, 0.25) is 4.34 Å². The van der Waals surface area contributed by atoms with Gasteiger partial charge in [0.25, 0.3) is 5.91 Å². The molecule has 1 aromatic carbocycles. The molecular formula is C16H15ClN2O4S2. The zero-order valence-corrected chi connectivity index (χ0v) is 15.4. The molecule has 2 amide bonds.